The number of benzene rings is 1. The van der Waals surface area contributed by atoms with E-state index in [0.29, 0.717) is 6.54 Å². The Balaban J connectivity index is 1.94. The highest BCUT2D eigenvalue weighted by atomic mass is 15.1. The molecule has 1 saturated heterocycles. The predicted molar refractivity (Wildman–Crippen MR) is 72.3 cm³/mol. The van der Waals surface area contributed by atoms with Crippen molar-refractivity contribution in [3.63, 3.8) is 0 Å². The van der Waals surface area contributed by atoms with E-state index in [1.165, 1.54) is 48.9 Å². The number of piperidine rings is 1. The molecule has 0 spiro atoms. The highest BCUT2D eigenvalue weighted by Crippen LogP contribution is 2.25. The van der Waals surface area contributed by atoms with Crippen molar-refractivity contribution in [3.05, 3.63) is 30.0 Å². The first-order valence-corrected chi connectivity index (χ1v) is 6.43. The lowest BCUT2D eigenvalue weighted by Crippen LogP contribution is -2.29. The van der Waals surface area contributed by atoms with E-state index in [-0.39, 0.29) is 0 Å². The average Bonchev–Trinajstić information content (AvgIpc) is 2.81. The first kappa shape index (κ1) is 10.7. The minimum atomic E-state index is 0.577. The fraction of sp³-hybridized carbons (Fsp3) is 0.429. The van der Waals surface area contributed by atoms with Crippen LogP contribution in [0.1, 0.15) is 25.0 Å². The van der Waals surface area contributed by atoms with Crippen molar-refractivity contribution in [1.82, 2.24) is 4.98 Å². The van der Waals surface area contributed by atoms with Gasteiger partial charge in [-0.1, -0.05) is 0 Å². The van der Waals surface area contributed by atoms with Gasteiger partial charge in [0.05, 0.1) is 0 Å². The third-order valence-corrected chi connectivity index (χ3v) is 3.60. The monoisotopic (exact) mass is 229 g/mol. The number of nitrogens with one attached hydrogen (secondary N) is 1. The van der Waals surface area contributed by atoms with Crippen LogP contribution in [0.2, 0.25) is 0 Å². The molecule has 0 unspecified atom stereocenters. The molecule has 0 radical (unpaired) electrons. The predicted octanol–water partition coefficient (Wildman–Crippen LogP) is 2.62. The van der Waals surface area contributed by atoms with Crippen LogP contribution in [0.4, 0.5) is 5.69 Å². The Morgan fingerprint density at radius 1 is 1.12 bits per heavy atom. The summed E-state index contributed by atoms with van der Waals surface area (Å²) < 4.78 is 0. The number of aromatic amines is 1. The number of aromatic nitrogens is 1. The van der Waals surface area contributed by atoms with E-state index in [9.17, 15) is 0 Å². The van der Waals surface area contributed by atoms with E-state index in [2.05, 4.69) is 34.1 Å². The molecule has 2 heterocycles. The van der Waals surface area contributed by atoms with Gasteiger partial charge in [-0.05, 0) is 43.5 Å². The molecule has 0 saturated carbocycles. The van der Waals surface area contributed by atoms with Crippen molar-refractivity contribution in [1.29, 1.82) is 0 Å². The molecule has 0 amide bonds. The Bertz CT molecular complexity index is 509. The summed E-state index contributed by atoms with van der Waals surface area (Å²) in [7, 11) is 0. The fourth-order valence-corrected chi connectivity index (χ4v) is 2.64. The van der Waals surface area contributed by atoms with Gasteiger partial charge in [0.1, 0.15) is 0 Å². The number of fused-ring (bicyclic) bond motifs is 1. The third-order valence-electron chi connectivity index (χ3n) is 3.60. The Kier molecular flexibility index (Phi) is 2.77. The number of hydrogen-bond donors (Lipinski definition) is 2. The molecule has 1 aliphatic rings. The van der Waals surface area contributed by atoms with Crippen LogP contribution in [-0.2, 0) is 6.54 Å². The highest BCUT2D eigenvalue weighted by molar-refractivity contribution is 5.84. The van der Waals surface area contributed by atoms with Crippen molar-refractivity contribution in [2.24, 2.45) is 5.73 Å². The summed E-state index contributed by atoms with van der Waals surface area (Å²) in [6.45, 7) is 2.97. The van der Waals surface area contributed by atoms with E-state index < -0.39 is 0 Å². The van der Waals surface area contributed by atoms with Crippen molar-refractivity contribution >= 4 is 16.6 Å². The fourth-order valence-electron chi connectivity index (χ4n) is 2.64. The smallest absolute Gasteiger partial charge is 0.0457 e. The maximum absolute atomic E-state index is 5.65. The molecule has 90 valence electrons. The van der Waals surface area contributed by atoms with Gasteiger partial charge in [0.25, 0.3) is 0 Å². The van der Waals surface area contributed by atoms with E-state index in [0.717, 1.165) is 5.69 Å². The number of nitrogens with two attached hydrogens (primary N) is 1. The number of hydrogen-bond acceptors (Lipinski definition) is 2. The van der Waals surface area contributed by atoms with Crippen LogP contribution in [0.25, 0.3) is 10.9 Å². The van der Waals surface area contributed by atoms with Gasteiger partial charge in [0.2, 0.25) is 0 Å². The normalized spacial score (nSPS) is 16.6. The summed E-state index contributed by atoms with van der Waals surface area (Å²) in [6.07, 6.45) is 4.01. The maximum Gasteiger partial charge on any atom is 0.0457 e. The van der Waals surface area contributed by atoms with Crippen LogP contribution < -0.4 is 10.6 Å². The molecule has 0 aliphatic carbocycles. The van der Waals surface area contributed by atoms with E-state index >= 15 is 0 Å². The topological polar surface area (TPSA) is 45.0 Å². The summed E-state index contributed by atoms with van der Waals surface area (Å²) in [5, 5.41) is 1.27. The van der Waals surface area contributed by atoms with Crippen LogP contribution in [0.5, 0.6) is 0 Å². The van der Waals surface area contributed by atoms with Gasteiger partial charge in [-0.25, -0.2) is 0 Å². The Morgan fingerprint density at radius 3 is 2.71 bits per heavy atom. The number of anilines is 1. The number of nitrogens with zero attached hydrogens (tertiary/aromatic N) is 1. The van der Waals surface area contributed by atoms with E-state index in [1.807, 2.05) is 0 Å². The van der Waals surface area contributed by atoms with Crippen molar-refractivity contribution in [2.75, 3.05) is 18.0 Å². The van der Waals surface area contributed by atoms with Crippen LogP contribution in [0.3, 0.4) is 0 Å². The van der Waals surface area contributed by atoms with Crippen molar-refractivity contribution in [2.45, 2.75) is 25.8 Å². The summed E-state index contributed by atoms with van der Waals surface area (Å²) in [4.78, 5) is 5.82. The van der Waals surface area contributed by atoms with E-state index in [1.54, 1.807) is 0 Å². The minimum absolute atomic E-state index is 0.577. The summed E-state index contributed by atoms with van der Waals surface area (Å²) >= 11 is 0. The molecule has 0 atom stereocenters. The van der Waals surface area contributed by atoms with Gasteiger partial charge in [-0.15, -0.1) is 0 Å². The first-order valence-electron chi connectivity index (χ1n) is 6.43. The van der Waals surface area contributed by atoms with Crippen LogP contribution in [0.15, 0.2) is 24.3 Å². The van der Waals surface area contributed by atoms with Crippen molar-refractivity contribution in [3.8, 4) is 0 Å². The average molecular weight is 229 g/mol. The molecule has 3 rings (SSSR count). The largest absolute Gasteiger partial charge is 0.372 e. The lowest BCUT2D eigenvalue weighted by molar-refractivity contribution is 0.578. The minimum Gasteiger partial charge on any atom is -0.372 e. The lowest BCUT2D eigenvalue weighted by Gasteiger charge is -2.28. The first-order chi connectivity index (χ1) is 8.36. The second kappa shape index (κ2) is 4.41. The zero-order chi connectivity index (χ0) is 11.7. The molecule has 2 aromatic rings. The molecule has 3 N–H and O–H groups in total. The molecule has 1 aromatic heterocycles. The zero-order valence-corrected chi connectivity index (χ0v) is 10.1. The van der Waals surface area contributed by atoms with Gasteiger partial charge in [-0.2, -0.15) is 0 Å². The number of rotatable bonds is 2. The van der Waals surface area contributed by atoms with Crippen LogP contribution in [-0.4, -0.2) is 18.1 Å². The number of H-pyrrole nitrogens is 1. The summed E-state index contributed by atoms with van der Waals surface area (Å²) in [5.74, 6) is 0. The van der Waals surface area contributed by atoms with Crippen LogP contribution in [0, 0.1) is 0 Å². The molecule has 3 heteroatoms. The Morgan fingerprint density at radius 2 is 1.94 bits per heavy atom. The van der Waals surface area contributed by atoms with Gasteiger partial charge in [0, 0.05) is 41.9 Å². The molecule has 1 fully saturated rings. The summed E-state index contributed by atoms with van der Waals surface area (Å²) in [5.41, 5.74) is 9.29. The Hall–Kier alpha value is -1.48. The summed E-state index contributed by atoms with van der Waals surface area (Å²) in [6, 6.07) is 8.81. The van der Waals surface area contributed by atoms with Gasteiger partial charge < -0.3 is 15.6 Å². The van der Waals surface area contributed by atoms with Gasteiger partial charge >= 0.3 is 0 Å². The second-order valence-corrected chi connectivity index (χ2v) is 4.82. The van der Waals surface area contributed by atoms with Crippen molar-refractivity contribution < 1.29 is 0 Å². The quantitative estimate of drug-likeness (QED) is 0.831. The van der Waals surface area contributed by atoms with E-state index in [4.69, 9.17) is 5.73 Å². The SMILES string of the molecule is NCc1cc2cc(N3CCCCC3)ccc2[nH]1. The van der Waals surface area contributed by atoms with Crippen LogP contribution >= 0.6 is 0 Å². The second-order valence-electron chi connectivity index (χ2n) is 4.82. The molecule has 17 heavy (non-hydrogen) atoms. The molecule has 1 aliphatic heterocycles. The lowest BCUT2D eigenvalue weighted by atomic mass is 10.1. The molecular weight excluding hydrogens is 210 g/mol. The molecular formula is C14H19N3. The zero-order valence-electron chi connectivity index (χ0n) is 10.1. The van der Waals surface area contributed by atoms with Gasteiger partial charge in [-0.3, -0.25) is 0 Å². The standard InChI is InChI=1S/C14H19N3/c15-10-12-8-11-9-13(4-5-14(11)16-12)17-6-2-1-3-7-17/h4-5,8-9,16H,1-3,6-7,10,15H2. The molecule has 0 bridgehead atoms. The van der Waals surface area contributed by atoms with Gasteiger partial charge in [0.15, 0.2) is 0 Å². The highest BCUT2D eigenvalue weighted by Gasteiger charge is 2.11. The molecule has 1 aromatic carbocycles. The Labute approximate surface area is 102 Å². The maximum atomic E-state index is 5.65. The molecule has 3 nitrogen and oxygen atoms in total. The third kappa shape index (κ3) is 2.03.